The summed E-state index contributed by atoms with van der Waals surface area (Å²) in [5.41, 5.74) is 5.24. The summed E-state index contributed by atoms with van der Waals surface area (Å²) in [5.74, 6) is 0.708. The molecule has 3 N–H and O–H groups in total. The van der Waals surface area contributed by atoms with Crippen molar-refractivity contribution < 1.29 is 19.6 Å². The summed E-state index contributed by atoms with van der Waals surface area (Å²) >= 11 is 0. The van der Waals surface area contributed by atoms with Gasteiger partial charge >= 0.3 is 6.09 Å². The van der Waals surface area contributed by atoms with E-state index in [0.29, 0.717) is 17.2 Å². The normalized spacial score (nSPS) is 11.0. The molecule has 0 bridgehead atoms. The summed E-state index contributed by atoms with van der Waals surface area (Å²) in [4.78, 5) is 23.0. The highest BCUT2D eigenvalue weighted by atomic mass is 16.6. The minimum Gasteiger partial charge on any atom is -0.465 e. The minimum absolute atomic E-state index is 0.0134. The van der Waals surface area contributed by atoms with Crippen molar-refractivity contribution in [1.29, 1.82) is 0 Å². The Morgan fingerprint density at radius 1 is 1.20 bits per heavy atom. The monoisotopic (exact) mass is 345 g/mol. The number of carbonyl (C=O) groups is 1. The van der Waals surface area contributed by atoms with Gasteiger partial charge in [-0.1, -0.05) is 6.07 Å². The van der Waals surface area contributed by atoms with Crippen molar-refractivity contribution in [2.45, 2.75) is 26.3 Å². The van der Waals surface area contributed by atoms with Crippen LogP contribution < -0.4 is 15.4 Å². The second-order valence-corrected chi connectivity index (χ2v) is 6.37. The Kier molecular flexibility index (Phi) is 4.82. The average molecular weight is 345 g/mol. The van der Waals surface area contributed by atoms with E-state index in [9.17, 15) is 20.0 Å². The fourth-order valence-corrected chi connectivity index (χ4v) is 2.37. The molecule has 0 aromatic heterocycles. The van der Waals surface area contributed by atoms with E-state index in [0.717, 1.165) is 0 Å². The van der Waals surface area contributed by atoms with E-state index in [2.05, 4.69) is 0 Å². The predicted molar refractivity (Wildman–Crippen MR) is 94.3 cm³/mol. The van der Waals surface area contributed by atoms with Gasteiger partial charge in [0.05, 0.1) is 10.6 Å². The first-order chi connectivity index (χ1) is 11.6. The maximum atomic E-state index is 11.6. The number of carboxylic acid groups (broad SMARTS) is 1. The first-order valence-electron chi connectivity index (χ1n) is 7.44. The minimum atomic E-state index is -1.08. The van der Waals surface area contributed by atoms with E-state index in [4.69, 9.17) is 10.5 Å². The number of nitrogens with two attached hydrogens (primary N) is 1. The zero-order valence-electron chi connectivity index (χ0n) is 14.1. The molecule has 0 aliphatic heterocycles. The highest BCUT2D eigenvalue weighted by molar-refractivity contribution is 5.87. The predicted octanol–water partition coefficient (Wildman–Crippen LogP) is 4.25. The van der Waals surface area contributed by atoms with Crippen molar-refractivity contribution in [3.8, 4) is 11.5 Å². The Bertz CT molecular complexity index is 814. The first-order valence-corrected chi connectivity index (χ1v) is 7.44. The highest BCUT2D eigenvalue weighted by Crippen LogP contribution is 2.32. The molecule has 2 rings (SSSR count). The molecular weight excluding hydrogens is 326 g/mol. The van der Waals surface area contributed by atoms with Gasteiger partial charge < -0.3 is 15.6 Å². The van der Waals surface area contributed by atoms with Gasteiger partial charge in [-0.2, -0.15) is 0 Å². The molecule has 0 spiro atoms. The molecule has 0 fully saturated rings. The number of nitro benzene ring substituents is 1. The number of nitrogen functional groups attached to an aromatic ring is 1. The second kappa shape index (κ2) is 6.68. The Morgan fingerprint density at radius 2 is 1.84 bits per heavy atom. The van der Waals surface area contributed by atoms with Crippen LogP contribution in [-0.2, 0) is 0 Å². The number of nitro groups is 1. The van der Waals surface area contributed by atoms with Crippen LogP contribution in [0.25, 0.3) is 0 Å². The number of ether oxygens (including phenoxy) is 1. The average Bonchev–Trinajstić information content (AvgIpc) is 2.45. The van der Waals surface area contributed by atoms with Crippen molar-refractivity contribution in [3.05, 3.63) is 52.6 Å². The van der Waals surface area contributed by atoms with Gasteiger partial charge in [0.2, 0.25) is 0 Å². The number of benzene rings is 2. The summed E-state index contributed by atoms with van der Waals surface area (Å²) < 4.78 is 5.65. The largest absolute Gasteiger partial charge is 0.465 e. The van der Waals surface area contributed by atoms with Crippen LogP contribution in [0.15, 0.2) is 42.5 Å². The van der Waals surface area contributed by atoms with Crippen LogP contribution in [0.5, 0.6) is 11.5 Å². The van der Waals surface area contributed by atoms with Gasteiger partial charge in [0.25, 0.3) is 5.69 Å². The second-order valence-electron chi connectivity index (χ2n) is 6.37. The zero-order valence-corrected chi connectivity index (χ0v) is 14.1. The summed E-state index contributed by atoms with van der Waals surface area (Å²) in [6.07, 6.45) is -1.08. The third-order valence-electron chi connectivity index (χ3n) is 3.37. The third kappa shape index (κ3) is 4.17. The van der Waals surface area contributed by atoms with E-state index in [1.807, 2.05) is 0 Å². The number of amides is 1. The fraction of sp³-hybridized carbons (Fsp3) is 0.235. The van der Waals surface area contributed by atoms with Crippen LogP contribution in [0.3, 0.4) is 0 Å². The number of nitrogens with zero attached hydrogens (tertiary/aromatic N) is 2. The van der Waals surface area contributed by atoms with E-state index in [-0.39, 0.29) is 11.4 Å². The summed E-state index contributed by atoms with van der Waals surface area (Å²) in [5, 5.41) is 20.3. The van der Waals surface area contributed by atoms with Gasteiger partial charge in [-0.25, -0.2) is 4.79 Å². The molecule has 0 saturated heterocycles. The Labute approximate surface area is 144 Å². The quantitative estimate of drug-likeness (QED) is 0.485. The van der Waals surface area contributed by atoms with Gasteiger partial charge in [-0.05, 0) is 39.0 Å². The first kappa shape index (κ1) is 18.1. The van der Waals surface area contributed by atoms with E-state index in [1.54, 1.807) is 45.0 Å². The lowest BCUT2D eigenvalue weighted by Crippen LogP contribution is -2.45. The molecule has 0 unspecified atom stereocenters. The van der Waals surface area contributed by atoms with Gasteiger partial charge in [0.15, 0.2) is 0 Å². The highest BCUT2D eigenvalue weighted by Gasteiger charge is 2.28. The maximum Gasteiger partial charge on any atom is 0.412 e. The van der Waals surface area contributed by atoms with Crippen LogP contribution in [-0.4, -0.2) is 21.7 Å². The molecule has 8 heteroatoms. The van der Waals surface area contributed by atoms with Crippen molar-refractivity contribution in [2.24, 2.45) is 0 Å². The fourth-order valence-electron chi connectivity index (χ4n) is 2.37. The number of hydrogen-bond donors (Lipinski definition) is 2. The van der Waals surface area contributed by atoms with E-state index < -0.39 is 16.6 Å². The molecule has 0 radical (unpaired) electrons. The van der Waals surface area contributed by atoms with Crippen molar-refractivity contribution in [2.75, 3.05) is 10.6 Å². The molecule has 2 aromatic carbocycles. The number of anilines is 2. The van der Waals surface area contributed by atoms with Crippen molar-refractivity contribution in [3.63, 3.8) is 0 Å². The van der Waals surface area contributed by atoms with Crippen molar-refractivity contribution >= 4 is 23.2 Å². The lowest BCUT2D eigenvalue weighted by molar-refractivity contribution is -0.383. The third-order valence-corrected chi connectivity index (χ3v) is 3.37. The van der Waals surface area contributed by atoms with Gasteiger partial charge in [-0.15, -0.1) is 0 Å². The Hall–Kier alpha value is -3.29. The van der Waals surface area contributed by atoms with Crippen molar-refractivity contribution in [1.82, 2.24) is 0 Å². The molecule has 8 nitrogen and oxygen atoms in total. The molecule has 0 atom stereocenters. The smallest absolute Gasteiger partial charge is 0.412 e. The Balaban J connectivity index is 2.32. The van der Waals surface area contributed by atoms with Gasteiger partial charge in [-0.3, -0.25) is 15.0 Å². The molecular formula is C17H19N3O5. The standard InChI is InChI=1S/C17H19N3O5/c1-17(2,3)19(16(21)22)11-5-4-6-12(9-11)25-13-7-8-15(20(23)24)14(18)10-13/h4-10H,18H2,1-3H3,(H,21,22). The SMILES string of the molecule is CC(C)(C)N(C(=O)O)c1cccc(Oc2ccc([N+](=O)[O-])c(N)c2)c1. The zero-order chi connectivity index (χ0) is 18.8. The Morgan fingerprint density at radius 3 is 2.36 bits per heavy atom. The maximum absolute atomic E-state index is 11.6. The lowest BCUT2D eigenvalue weighted by atomic mass is 10.1. The van der Waals surface area contributed by atoms with E-state index >= 15 is 0 Å². The molecule has 0 saturated carbocycles. The molecule has 1 amide bonds. The molecule has 25 heavy (non-hydrogen) atoms. The molecule has 0 heterocycles. The number of rotatable bonds is 4. The molecule has 132 valence electrons. The lowest BCUT2D eigenvalue weighted by Gasteiger charge is -2.33. The molecule has 2 aromatic rings. The van der Waals surface area contributed by atoms with Crippen LogP contribution in [0.2, 0.25) is 0 Å². The molecule has 0 aliphatic carbocycles. The number of hydrogen-bond acceptors (Lipinski definition) is 5. The summed E-state index contributed by atoms with van der Waals surface area (Å²) in [6.45, 7) is 5.35. The van der Waals surface area contributed by atoms with Crippen LogP contribution in [0.4, 0.5) is 21.9 Å². The topological polar surface area (TPSA) is 119 Å². The summed E-state index contributed by atoms with van der Waals surface area (Å²) in [6, 6.07) is 10.6. The van der Waals surface area contributed by atoms with E-state index in [1.165, 1.54) is 23.1 Å². The van der Waals surface area contributed by atoms with Crippen LogP contribution in [0.1, 0.15) is 20.8 Å². The molecule has 0 aliphatic rings. The van der Waals surface area contributed by atoms with Crippen LogP contribution >= 0.6 is 0 Å². The van der Waals surface area contributed by atoms with Crippen LogP contribution in [0, 0.1) is 10.1 Å². The van der Waals surface area contributed by atoms with Gasteiger partial charge in [0.1, 0.15) is 17.2 Å². The van der Waals surface area contributed by atoms with Gasteiger partial charge in [0, 0.05) is 23.7 Å². The summed E-state index contributed by atoms with van der Waals surface area (Å²) in [7, 11) is 0.